The van der Waals surface area contributed by atoms with Crippen LogP contribution < -0.4 is 14.8 Å². The van der Waals surface area contributed by atoms with Gasteiger partial charge < -0.3 is 19.2 Å². The van der Waals surface area contributed by atoms with Gasteiger partial charge in [-0.2, -0.15) is 0 Å². The van der Waals surface area contributed by atoms with Crippen molar-refractivity contribution in [2.24, 2.45) is 0 Å². The zero-order valence-corrected chi connectivity index (χ0v) is 15.2. The summed E-state index contributed by atoms with van der Waals surface area (Å²) in [6.07, 6.45) is 2.23. The number of imidazole rings is 1. The third kappa shape index (κ3) is 2.66. The zero-order chi connectivity index (χ0) is 18.3. The van der Waals surface area contributed by atoms with E-state index in [-0.39, 0.29) is 18.2 Å². The van der Waals surface area contributed by atoms with Gasteiger partial charge in [0.05, 0.1) is 32.2 Å². The molecule has 26 heavy (non-hydrogen) atoms. The second-order valence-electron chi connectivity index (χ2n) is 6.14. The number of hydrogen-bond acceptors (Lipinski definition) is 4. The number of rotatable bonds is 3. The van der Waals surface area contributed by atoms with Gasteiger partial charge in [0.15, 0.2) is 11.5 Å². The number of hydrogen-bond donors (Lipinski definition) is 1. The number of pyridine rings is 1. The highest BCUT2D eigenvalue weighted by molar-refractivity contribution is 6.30. The number of carbonyl (C=O) groups excluding carboxylic acids is 1. The number of aromatic nitrogens is 2. The summed E-state index contributed by atoms with van der Waals surface area (Å²) in [6, 6.07) is 9.37. The summed E-state index contributed by atoms with van der Waals surface area (Å²) in [7, 11) is 3.15. The number of nitrogens with zero attached hydrogens (tertiary/aromatic N) is 2. The highest BCUT2D eigenvalue weighted by atomic mass is 35.5. The van der Waals surface area contributed by atoms with Crippen molar-refractivity contribution in [2.45, 2.75) is 18.9 Å². The van der Waals surface area contributed by atoms with Crippen molar-refractivity contribution in [3.8, 4) is 11.5 Å². The van der Waals surface area contributed by atoms with Gasteiger partial charge in [-0.1, -0.05) is 17.7 Å². The lowest BCUT2D eigenvalue weighted by Crippen LogP contribution is -2.21. The first-order valence-corrected chi connectivity index (χ1v) is 8.64. The predicted molar refractivity (Wildman–Crippen MR) is 98.1 cm³/mol. The molecule has 1 amide bonds. The molecule has 2 aromatic heterocycles. The number of methoxy groups -OCH3 is 2. The topological polar surface area (TPSA) is 64.9 Å². The predicted octanol–water partition coefficient (Wildman–Crippen LogP) is 3.16. The van der Waals surface area contributed by atoms with E-state index in [0.29, 0.717) is 23.1 Å². The van der Waals surface area contributed by atoms with Crippen LogP contribution in [0.5, 0.6) is 11.5 Å². The third-order valence-electron chi connectivity index (χ3n) is 4.66. The van der Waals surface area contributed by atoms with Gasteiger partial charge in [0.1, 0.15) is 5.65 Å². The first-order valence-electron chi connectivity index (χ1n) is 8.26. The van der Waals surface area contributed by atoms with Crippen LogP contribution in [0.4, 0.5) is 0 Å². The number of ether oxygens (including phenoxy) is 2. The van der Waals surface area contributed by atoms with E-state index in [1.54, 1.807) is 20.3 Å². The van der Waals surface area contributed by atoms with Crippen LogP contribution in [0.3, 0.4) is 0 Å². The lowest BCUT2D eigenvalue weighted by atomic mass is 9.90. The van der Waals surface area contributed by atoms with E-state index in [1.807, 2.05) is 34.9 Å². The number of nitrogens with one attached hydrogen (secondary N) is 1. The lowest BCUT2D eigenvalue weighted by Gasteiger charge is -2.21. The Labute approximate surface area is 155 Å². The molecule has 6 nitrogen and oxygen atoms in total. The molecule has 0 spiro atoms. The minimum absolute atomic E-state index is 0.0429. The van der Waals surface area contributed by atoms with Crippen molar-refractivity contribution in [3.05, 3.63) is 58.5 Å². The average molecular weight is 372 g/mol. The van der Waals surface area contributed by atoms with Crippen LogP contribution in [0.2, 0.25) is 5.02 Å². The molecule has 1 unspecified atom stereocenters. The monoisotopic (exact) mass is 371 g/mol. The fourth-order valence-electron chi connectivity index (χ4n) is 3.57. The highest BCUT2D eigenvalue weighted by Crippen LogP contribution is 2.43. The van der Waals surface area contributed by atoms with Gasteiger partial charge in [-0.25, -0.2) is 4.98 Å². The van der Waals surface area contributed by atoms with Crippen LogP contribution in [-0.4, -0.2) is 29.5 Å². The van der Waals surface area contributed by atoms with Gasteiger partial charge >= 0.3 is 0 Å². The van der Waals surface area contributed by atoms with Gasteiger partial charge in [-0.3, -0.25) is 4.79 Å². The Hall–Kier alpha value is -2.73. The van der Waals surface area contributed by atoms with E-state index in [2.05, 4.69) is 10.3 Å². The van der Waals surface area contributed by atoms with Gasteiger partial charge in [0, 0.05) is 35.2 Å². The smallest absolute Gasteiger partial charge is 0.221 e. The quantitative estimate of drug-likeness (QED) is 0.768. The first kappa shape index (κ1) is 16.7. The van der Waals surface area contributed by atoms with E-state index >= 15 is 0 Å². The van der Waals surface area contributed by atoms with Gasteiger partial charge in [-0.15, -0.1) is 0 Å². The molecule has 3 aromatic rings. The molecule has 1 atom stereocenters. The van der Waals surface area contributed by atoms with Crippen LogP contribution in [0.1, 0.15) is 29.3 Å². The van der Waals surface area contributed by atoms with Gasteiger partial charge in [-0.05, 0) is 18.2 Å². The molecule has 3 heterocycles. The molecule has 0 aliphatic carbocycles. The number of benzene rings is 1. The van der Waals surface area contributed by atoms with Crippen LogP contribution in [-0.2, 0) is 11.3 Å². The van der Waals surface area contributed by atoms with Crippen molar-refractivity contribution in [2.75, 3.05) is 14.2 Å². The molecule has 0 fully saturated rings. The molecule has 0 saturated carbocycles. The SMILES string of the molecule is COc1cc(Cl)cc(C2CC(=O)NCc3nc4ccccn4c32)c1OC. The summed E-state index contributed by atoms with van der Waals surface area (Å²) in [5, 5.41) is 3.45. The van der Waals surface area contributed by atoms with Crippen molar-refractivity contribution < 1.29 is 14.3 Å². The fraction of sp³-hybridized carbons (Fsp3) is 0.263. The molecular weight excluding hydrogens is 354 g/mol. The second kappa shape index (κ2) is 6.53. The molecule has 1 aliphatic rings. The Balaban J connectivity index is 2.00. The van der Waals surface area contributed by atoms with Crippen LogP contribution >= 0.6 is 11.6 Å². The number of fused-ring (bicyclic) bond motifs is 3. The fourth-order valence-corrected chi connectivity index (χ4v) is 3.79. The minimum Gasteiger partial charge on any atom is -0.493 e. The van der Waals surface area contributed by atoms with E-state index in [9.17, 15) is 4.79 Å². The molecule has 1 aliphatic heterocycles. The summed E-state index contributed by atoms with van der Waals surface area (Å²) in [5.74, 6) is 0.814. The zero-order valence-electron chi connectivity index (χ0n) is 14.5. The van der Waals surface area contributed by atoms with Crippen molar-refractivity contribution in [3.63, 3.8) is 0 Å². The van der Waals surface area contributed by atoms with Crippen molar-refractivity contribution >= 4 is 23.2 Å². The van der Waals surface area contributed by atoms with Crippen molar-refractivity contribution in [1.82, 2.24) is 14.7 Å². The summed E-state index contributed by atoms with van der Waals surface area (Å²) in [4.78, 5) is 17.0. The highest BCUT2D eigenvalue weighted by Gasteiger charge is 2.32. The summed E-state index contributed by atoms with van der Waals surface area (Å²) in [6.45, 7) is 0.395. The molecule has 0 bridgehead atoms. The summed E-state index contributed by atoms with van der Waals surface area (Å²) in [5.41, 5.74) is 3.45. The molecule has 1 aromatic carbocycles. The van der Waals surface area contributed by atoms with Crippen LogP contribution in [0.15, 0.2) is 36.5 Å². The van der Waals surface area contributed by atoms with Crippen molar-refractivity contribution in [1.29, 1.82) is 0 Å². The number of amides is 1. The molecule has 0 radical (unpaired) electrons. The standard InChI is InChI=1S/C19H18ClN3O3/c1-25-15-8-11(20)7-13(19(15)26-2)12-9-17(24)21-10-14-18(12)23-6-4-3-5-16(23)22-14/h3-8,12H,9-10H2,1-2H3,(H,21,24). The third-order valence-corrected chi connectivity index (χ3v) is 4.88. The maximum Gasteiger partial charge on any atom is 0.221 e. The van der Waals surface area contributed by atoms with E-state index in [4.69, 9.17) is 21.1 Å². The Morgan fingerprint density at radius 1 is 1.27 bits per heavy atom. The van der Waals surface area contributed by atoms with E-state index in [0.717, 1.165) is 22.6 Å². The number of carbonyl (C=O) groups is 1. The number of halogens is 1. The Morgan fingerprint density at radius 3 is 2.88 bits per heavy atom. The minimum atomic E-state index is -0.257. The van der Waals surface area contributed by atoms with Crippen LogP contribution in [0.25, 0.3) is 5.65 Å². The van der Waals surface area contributed by atoms with Crippen LogP contribution in [0, 0.1) is 0 Å². The van der Waals surface area contributed by atoms with E-state index < -0.39 is 0 Å². The van der Waals surface area contributed by atoms with E-state index in [1.165, 1.54) is 0 Å². The van der Waals surface area contributed by atoms with Gasteiger partial charge in [0.25, 0.3) is 0 Å². The van der Waals surface area contributed by atoms with Gasteiger partial charge in [0.2, 0.25) is 5.91 Å². The second-order valence-corrected chi connectivity index (χ2v) is 6.57. The largest absolute Gasteiger partial charge is 0.493 e. The Bertz CT molecular complexity index is 999. The Kier molecular flexibility index (Phi) is 4.20. The summed E-state index contributed by atoms with van der Waals surface area (Å²) >= 11 is 6.31. The normalized spacial score (nSPS) is 16.7. The molecule has 0 saturated heterocycles. The molecule has 4 rings (SSSR count). The maximum absolute atomic E-state index is 12.4. The molecule has 1 N–H and O–H groups in total. The maximum atomic E-state index is 12.4. The molecular formula is C19H18ClN3O3. The average Bonchev–Trinajstić information content (AvgIpc) is 2.93. The molecule has 134 valence electrons. The first-order chi connectivity index (χ1) is 12.6. The lowest BCUT2D eigenvalue weighted by molar-refractivity contribution is -0.121. The molecule has 7 heteroatoms. The Morgan fingerprint density at radius 2 is 2.12 bits per heavy atom. The summed E-state index contributed by atoms with van der Waals surface area (Å²) < 4.78 is 13.1.